The van der Waals surface area contributed by atoms with E-state index in [2.05, 4.69) is 4.89 Å². The lowest BCUT2D eigenvalue weighted by Gasteiger charge is -2.35. The third-order valence-electron chi connectivity index (χ3n) is 10.1. The molecule has 11 heteroatoms. The molecule has 0 aromatic rings. The van der Waals surface area contributed by atoms with Crippen molar-refractivity contribution in [3.63, 3.8) is 0 Å². The zero-order chi connectivity index (χ0) is 28.5. The van der Waals surface area contributed by atoms with Crippen molar-refractivity contribution in [2.75, 3.05) is 13.2 Å². The monoisotopic (exact) mass is 569 g/mol. The van der Waals surface area contributed by atoms with Gasteiger partial charge in [0.15, 0.2) is 0 Å². The minimum atomic E-state index is -1.16. The first-order valence-electron chi connectivity index (χ1n) is 15.4. The standard InChI is InChI=1S/C29H47NO10/c31-28(32)27-16-23(30(34)35)9-14-26(27)29(33)39-24-10-5-19(6-11-24)15-20-7-12-25(13-8-20)40-38-18-22-4-2-1-3-21(22)17-37-36/h19-27,36H,1-18H2,(H,31,32). The molecule has 0 radical (unpaired) electrons. The molecule has 0 heterocycles. The van der Waals surface area contributed by atoms with Crippen LogP contribution in [0.1, 0.15) is 103 Å². The molecule has 0 aromatic carbocycles. The van der Waals surface area contributed by atoms with Gasteiger partial charge in [-0.05, 0) is 101 Å². The Morgan fingerprint density at radius 3 is 1.95 bits per heavy atom. The highest BCUT2D eigenvalue weighted by atomic mass is 17.2. The molecule has 4 aliphatic carbocycles. The maximum absolute atomic E-state index is 12.8. The predicted molar refractivity (Wildman–Crippen MR) is 143 cm³/mol. The Hall–Kier alpha value is -1.82. The summed E-state index contributed by atoms with van der Waals surface area (Å²) in [5.41, 5.74) is 0. The van der Waals surface area contributed by atoms with Gasteiger partial charge in [-0.2, -0.15) is 0 Å². The molecular formula is C29H47NO10. The second kappa shape index (κ2) is 15.4. The highest BCUT2D eigenvalue weighted by molar-refractivity contribution is 5.81. The van der Waals surface area contributed by atoms with Crippen molar-refractivity contribution in [2.24, 2.45) is 35.5 Å². The number of aliphatic carboxylic acids is 1. The summed E-state index contributed by atoms with van der Waals surface area (Å²) < 4.78 is 5.74. The Morgan fingerprint density at radius 1 is 0.775 bits per heavy atom. The van der Waals surface area contributed by atoms with Crippen LogP contribution in [0.4, 0.5) is 0 Å². The van der Waals surface area contributed by atoms with E-state index in [0.717, 1.165) is 64.2 Å². The predicted octanol–water partition coefficient (Wildman–Crippen LogP) is 5.43. The first kappa shape index (κ1) is 31.1. The number of hydrogen-bond acceptors (Lipinski definition) is 9. The summed E-state index contributed by atoms with van der Waals surface area (Å²) in [5, 5.41) is 29.5. The first-order chi connectivity index (χ1) is 19.3. The Balaban J connectivity index is 1.10. The number of carbonyl (C=O) groups is 2. The lowest BCUT2D eigenvalue weighted by atomic mass is 9.76. The molecule has 4 aliphatic rings. The molecule has 40 heavy (non-hydrogen) atoms. The van der Waals surface area contributed by atoms with Crippen molar-refractivity contribution in [1.29, 1.82) is 0 Å². The maximum Gasteiger partial charge on any atom is 0.310 e. The number of carbonyl (C=O) groups excluding carboxylic acids is 1. The Labute approximate surface area is 236 Å². The van der Waals surface area contributed by atoms with Gasteiger partial charge < -0.3 is 9.84 Å². The van der Waals surface area contributed by atoms with Crippen molar-refractivity contribution in [2.45, 2.75) is 121 Å². The lowest BCUT2D eigenvalue weighted by Crippen LogP contribution is -2.41. The van der Waals surface area contributed by atoms with E-state index >= 15 is 0 Å². The van der Waals surface area contributed by atoms with E-state index in [4.69, 9.17) is 19.8 Å². The molecule has 4 fully saturated rings. The van der Waals surface area contributed by atoms with Crippen LogP contribution in [0.2, 0.25) is 0 Å². The number of rotatable bonds is 12. The highest BCUT2D eigenvalue weighted by Crippen LogP contribution is 2.38. The molecule has 11 nitrogen and oxygen atoms in total. The van der Waals surface area contributed by atoms with Gasteiger partial charge in [-0.25, -0.2) is 14.7 Å². The van der Waals surface area contributed by atoms with Gasteiger partial charge in [-0.15, -0.1) is 0 Å². The van der Waals surface area contributed by atoms with Crippen LogP contribution in [-0.2, 0) is 29.0 Å². The van der Waals surface area contributed by atoms with Gasteiger partial charge in [0.2, 0.25) is 6.04 Å². The maximum atomic E-state index is 12.8. The average molecular weight is 570 g/mol. The van der Waals surface area contributed by atoms with E-state index in [0.29, 0.717) is 36.9 Å². The van der Waals surface area contributed by atoms with Gasteiger partial charge in [-0.3, -0.25) is 25.0 Å². The van der Waals surface area contributed by atoms with Crippen molar-refractivity contribution >= 4 is 11.9 Å². The van der Waals surface area contributed by atoms with Crippen molar-refractivity contribution in [1.82, 2.24) is 0 Å². The summed E-state index contributed by atoms with van der Waals surface area (Å²) in [5.74, 6) is -1.54. The Kier molecular flexibility index (Phi) is 12.0. The van der Waals surface area contributed by atoms with Crippen LogP contribution in [0.5, 0.6) is 0 Å². The van der Waals surface area contributed by atoms with Gasteiger partial charge in [0, 0.05) is 17.8 Å². The summed E-state index contributed by atoms with van der Waals surface area (Å²) in [6.07, 6.45) is 13.7. The van der Waals surface area contributed by atoms with E-state index in [9.17, 15) is 24.8 Å². The minimum Gasteiger partial charge on any atom is -0.481 e. The van der Waals surface area contributed by atoms with E-state index in [1.54, 1.807) is 0 Å². The molecule has 0 aliphatic heterocycles. The summed E-state index contributed by atoms with van der Waals surface area (Å²) in [6.45, 7) is 0.917. The molecule has 5 atom stereocenters. The van der Waals surface area contributed by atoms with E-state index in [1.807, 2.05) is 0 Å². The summed E-state index contributed by atoms with van der Waals surface area (Å²) in [4.78, 5) is 51.0. The van der Waals surface area contributed by atoms with Crippen molar-refractivity contribution in [3.05, 3.63) is 10.1 Å². The van der Waals surface area contributed by atoms with Gasteiger partial charge in [0.05, 0.1) is 31.2 Å². The molecule has 0 bridgehead atoms. The second-order valence-electron chi connectivity index (χ2n) is 12.7. The van der Waals surface area contributed by atoms with Gasteiger partial charge in [-0.1, -0.05) is 12.8 Å². The molecule has 5 unspecified atom stereocenters. The second-order valence-corrected chi connectivity index (χ2v) is 12.7. The zero-order valence-corrected chi connectivity index (χ0v) is 23.5. The highest BCUT2D eigenvalue weighted by Gasteiger charge is 2.45. The quantitative estimate of drug-likeness (QED) is 0.135. The van der Waals surface area contributed by atoms with Crippen LogP contribution < -0.4 is 0 Å². The number of ether oxygens (including phenoxy) is 1. The number of hydrogen-bond donors (Lipinski definition) is 2. The molecule has 2 N–H and O–H groups in total. The van der Waals surface area contributed by atoms with E-state index in [-0.39, 0.29) is 31.5 Å². The van der Waals surface area contributed by atoms with Crippen LogP contribution >= 0.6 is 0 Å². The normalized spacial score (nSPS) is 37.0. The van der Waals surface area contributed by atoms with Gasteiger partial charge >= 0.3 is 11.9 Å². The largest absolute Gasteiger partial charge is 0.481 e. The first-order valence-corrected chi connectivity index (χ1v) is 15.4. The Morgan fingerprint density at radius 2 is 1.38 bits per heavy atom. The molecule has 228 valence electrons. The SMILES string of the molecule is O=C(O)C1CC([N+](=O)[O-])CCC1C(=O)OC1CCC(CC2CCC(OOCC3CCCCC3COO)CC2)CC1. The van der Waals surface area contributed by atoms with Gasteiger partial charge in [0.1, 0.15) is 6.10 Å². The van der Waals surface area contributed by atoms with Crippen LogP contribution in [0.3, 0.4) is 0 Å². The fourth-order valence-electron chi connectivity index (χ4n) is 7.61. The summed E-state index contributed by atoms with van der Waals surface area (Å²) >= 11 is 0. The summed E-state index contributed by atoms with van der Waals surface area (Å²) in [6, 6.07) is -0.906. The van der Waals surface area contributed by atoms with E-state index < -0.39 is 34.7 Å². The molecule has 4 saturated carbocycles. The van der Waals surface area contributed by atoms with Crippen LogP contribution in [0, 0.1) is 45.6 Å². The third-order valence-corrected chi connectivity index (χ3v) is 10.1. The molecule has 0 aromatic heterocycles. The zero-order valence-electron chi connectivity index (χ0n) is 23.5. The smallest absolute Gasteiger partial charge is 0.310 e. The minimum absolute atomic E-state index is 0.116. The van der Waals surface area contributed by atoms with Crippen LogP contribution in [0.15, 0.2) is 0 Å². The lowest BCUT2D eigenvalue weighted by molar-refractivity contribution is -0.528. The molecule has 0 amide bonds. The third kappa shape index (κ3) is 8.84. The number of nitro groups is 1. The molecular weight excluding hydrogens is 522 g/mol. The summed E-state index contributed by atoms with van der Waals surface area (Å²) in [7, 11) is 0. The number of nitrogens with zero attached hydrogens (tertiary/aromatic N) is 1. The van der Waals surface area contributed by atoms with Crippen LogP contribution in [-0.4, -0.2) is 58.7 Å². The number of carboxylic acids is 1. The molecule has 0 saturated heterocycles. The fraction of sp³-hybridized carbons (Fsp3) is 0.931. The van der Waals surface area contributed by atoms with Gasteiger partial charge in [0.25, 0.3) is 0 Å². The number of esters is 1. The van der Waals surface area contributed by atoms with Crippen molar-refractivity contribution in [3.8, 4) is 0 Å². The van der Waals surface area contributed by atoms with Crippen LogP contribution in [0.25, 0.3) is 0 Å². The fourth-order valence-corrected chi connectivity index (χ4v) is 7.61. The topological polar surface area (TPSA) is 155 Å². The Bertz CT molecular complexity index is 822. The average Bonchev–Trinajstić information content (AvgIpc) is 2.95. The number of carboxylic acid groups (broad SMARTS) is 1. The van der Waals surface area contributed by atoms with E-state index in [1.165, 1.54) is 19.3 Å². The molecule has 0 spiro atoms. The van der Waals surface area contributed by atoms with Crippen molar-refractivity contribution < 1.29 is 44.3 Å². The molecule has 4 rings (SSSR count).